The van der Waals surface area contributed by atoms with Crippen LogP contribution in [0.2, 0.25) is 0 Å². The molecule has 0 spiro atoms. The summed E-state index contributed by atoms with van der Waals surface area (Å²) in [5, 5.41) is 0. The summed E-state index contributed by atoms with van der Waals surface area (Å²) in [6.45, 7) is 6.26. The van der Waals surface area contributed by atoms with Crippen LogP contribution in [0.4, 0.5) is 0 Å². The summed E-state index contributed by atoms with van der Waals surface area (Å²) in [5.41, 5.74) is 0.0547. The van der Waals surface area contributed by atoms with Crippen LogP contribution < -0.4 is 0 Å². The molecule has 0 heterocycles. The molecule has 2 bridgehead atoms. The van der Waals surface area contributed by atoms with Gasteiger partial charge in [0.15, 0.2) is 0 Å². The van der Waals surface area contributed by atoms with Gasteiger partial charge in [-0.2, -0.15) is 0 Å². The Morgan fingerprint density at radius 2 is 1.53 bits per heavy atom. The third kappa shape index (κ3) is 2.51. The van der Waals surface area contributed by atoms with Crippen molar-refractivity contribution in [3.05, 3.63) is 0 Å². The SMILES string of the molecule is CCCN(CCC)C(=O)C12CCC(CC1)CC2. The van der Waals surface area contributed by atoms with E-state index in [-0.39, 0.29) is 5.41 Å². The van der Waals surface area contributed by atoms with Gasteiger partial charge in [-0.1, -0.05) is 13.8 Å². The lowest BCUT2D eigenvalue weighted by Gasteiger charge is -2.47. The van der Waals surface area contributed by atoms with Crippen LogP contribution >= 0.6 is 0 Å². The first-order valence-electron chi connectivity index (χ1n) is 7.51. The van der Waals surface area contributed by atoms with Crippen molar-refractivity contribution < 1.29 is 4.79 Å². The van der Waals surface area contributed by atoms with Crippen LogP contribution in [0.3, 0.4) is 0 Å². The molecule has 0 N–H and O–H groups in total. The van der Waals surface area contributed by atoms with Gasteiger partial charge in [0.25, 0.3) is 0 Å². The lowest BCUT2D eigenvalue weighted by molar-refractivity contribution is -0.148. The van der Waals surface area contributed by atoms with E-state index in [9.17, 15) is 4.79 Å². The zero-order valence-electron chi connectivity index (χ0n) is 11.5. The molecule has 3 fully saturated rings. The molecule has 0 aromatic rings. The van der Waals surface area contributed by atoms with Crippen LogP contribution in [0.25, 0.3) is 0 Å². The van der Waals surface area contributed by atoms with Crippen molar-refractivity contribution in [2.24, 2.45) is 11.3 Å². The monoisotopic (exact) mass is 237 g/mol. The Hall–Kier alpha value is -0.530. The van der Waals surface area contributed by atoms with Gasteiger partial charge >= 0.3 is 0 Å². The Balaban J connectivity index is 2.05. The first kappa shape index (κ1) is 12.9. The molecule has 3 saturated carbocycles. The highest BCUT2D eigenvalue weighted by Crippen LogP contribution is 2.51. The fourth-order valence-electron chi connectivity index (χ4n) is 3.76. The molecule has 0 aliphatic heterocycles. The lowest BCUT2D eigenvalue weighted by Crippen LogP contribution is -2.49. The summed E-state index contributed by atoms with van der Waals surface area (Å²) >= 11 is 0. The third-order valence-electron chi connectivity index (χ3n) is 4.82. The highest BCUT2D eigenvalue weighted by molar-refractivity contribution is 5.83. The van der Waals surface area contributed by atoms with Gasteiger partial charge in [0.2, 0.25) is 5.91 Å². The molecule has 0 aromatic carbocycles. The van der Waals surface area contributed by atoms with E-state index < -0.39 is 0 Å². The first-order valence-corrected chi connectivity index (χ1v) is 7.51. The number of fused-ring (bicyclic) bond motifs is 3. The van der Waals surface area contributed by atoms with Crippen molar-refractivity contribution in [3.8, 4) is 0 Å². The third-order valence-corrected chi connectivity index (χ3v) is 4.82. The first-order chi connectivity index (χ1) is 8.22. The van der Waals surface area contributed by atoms with E-state index in [4.69, 9.17) is 0 Å². The van der Waals surface area contributed by atoms with Crippen LogP contribution in [-0.2, 0) is 4.79 Å². The Morgan fingerprint density at radius 3 is 1.94 bits per heavy atom. The van der Waals surface area contributed by atoms with E-state index in [1.807, 2.05) is 0 Å². The molecule has 2 heteroatoms. The van der Waals surface area contributed by atoms with Crippen molar-refractivity contribution in [2.75, 3.05) is 13.1 Å². The highest BCUT2D eigenvalue weighted by Gasteiger charge is 2.47. The predicted molar refractivity (Wildman–Crippen MR) is 70.8 cm³/mol. The van der Waals surface area contributed by atoms with Crippen LogP contribution in [0, 0.1) is 11.3 Å². The maximum atomic E-state index is 12.8. The molecule has 3 aliphatic rings. The molecule has 2 nitrogen and oxygen atoms in total. The number of nitrogens with zero attached hydrogens (tertiary/aromatic N) is 1. The van der Waals surface area contributed by atoms with E-state index in [1.54, 1.807) is 0 Å². The molecule has 0 radical (unpaired) electrons. The van der Waals surface area contributed by atoms with Crippen molar-refractivity contribution in [3.63, 3.8) is 0 Å². The molecule has 0 atom stereocenters. The number of hydrogen-bond acceptors (Lipinski definition) is 1. The minimum atomic E-state index is 0.0547. The highest BCUT2D eigenvalue weighted by atomic mass is 16.2. The zero-order valence-corrected chi connectivity index (χ0v) is 11.5. The molecule has 0 saturated heterocycles. The second-order valence-electron chi connectivity index (χ2n) is 6.05. The van der Waals surface area contributed by atoms with Crippen LogP contribution in [-0.4, -0.2) is 23.9 Å². The summed E-state index contributed by atoms with van der Waals surface area (Å²) in [5.74, 6) is 1.43. The van der Waals surface area contributed by atoms with E-state index in [1.165, 1.54) is 38.5 Å². The van der Waals surface area contributed by atoms with Gasteiger partial charge in [-0.15, -0.1) is 0 Å². The topological polar surface area (TPSA) is 20.3 Å². The molecule has 3 rings (SSSR count). The fourth-order valence-corrected chi connectivity index (χ4v) is 3.76. The molecule has 17 heavy (non-hydrogen) atoms. The minimum Gasteiger partial charge on any atom is -0.342 e. The summed E-state index contributed by atoms with van der Waals surface area (Å²) in [6, 6.07) is 0. The average molecular weight is 237 g/mol. The summed E-state index contributed by atoms with van der Waals surface area (Å²) in [6.07, 6.45) is 9.59. The fraction of sp³-hybridized carbons (Fsp3) is 0.933. The lowest BCUT2D eigenvalue weighted by atomic mass is 9.60. The summed E-state index contributed by atoms with van der Waals surface area (Å²) in [7, 11) is 0. The Morgan fingerprint density at radius 1 is 1.06 bits per heavy atom. The van der Waals surface area contributed by atoms with E-state index in [2.05, 4.69) is 18.7 Å². The van der Waals surface area contributed by atoms with E-state index >= 15 is 0 Å². The Kier molecular flexibility index (Phi) is 4.11. The molecule has 0 unspecified atom stereocenters. The number of rotatable bonds is 5. The van der Waals surface area contributed by atoms with Crippen molar-refractivity contribution in [2.45, 2.75) is 65.2 Å². The molecule has 0 aromatic heterocycles. The molecule has 98 valence electrons. The van der Waals surface area contributed by atoms with Crippen LogP contribution in [0.15, 0.2) is 0 Å². The number of carbonyl (C=O) groups excluding carboxylic acids is 1. The molecule has 1 amide bonds. The Labute approximate surface area is 106 Å². The summed E-state index contributed by atoms with van der Waals surface area (Å²) in [4.78, 5) is 14.9. The Bertz CT molecular complexity index is 246. The number of carbonyl (C=O) groups is 1. The van der Waals surface area contributed by atoms with Crippen molar-refractivity contribution >= 4 is 5.91 Å². The van der Waals surface area contributed by atoms with Gasteiger partial charge in [-0.25, -0.2) is 0 Å². The second-order valence-corrected chi connectivity index (χ2v) is 6.05. The van der Waals surface area contributed by atoms with Crippen LogP contribution in [0.1, 0.15) is 65.2 Å². The quantitative estimate of drug-likeness (QED) is 0.715. The van der Waals surface area contributed by atoms with E-state index in [0.717, 1.165) is 31.8 Å². The number of hydrogen-bond donors (Lipinski definition) is 0. The largest absolute Gasteiger partial charge is 0.342 e. The van der Waals surface area contributed by atoms with Crippen molar-refractivity contribution in [1.82, 2.24) is 4.90 Å². The smallest absolute Gasteiger partial charge is 0.228 e. The zero-order chi connectivity index (χ0) is 12.3. The van der Waals surface area contributed by atoms with Gasteiger partial charge in [-0.3, -0.25) is 4.79 Å². The maximum Gasteiger partial charge on any atom is 0.228 e. The van der Waals surface area contributed by atoms with Gasteiger partial charge in [0, 0.05) is 18.5 Å². The van der Waals surface area contributed by atoms with Gasteiger partial charge in [0.05, 0.1) is 0 Å². The van der Waals surface area contributed by atoms with Gasteiger partial charge in [-0.05, 0) is 57.3 Å². The summed E-state index contributed by atoms with van der Waals surface area (Å²) < 4.78 is 0. The van der Waals surface area contributed by atoms with Gasteiger partial charge in [0.1, 0.15) is 0 Å². The standard InChI is InChI=1S/C15H27NO/c1-3-11-16(12-4-2)14(17)15-8-5-13(6-9-15)7-10-15/h13H,3-12H2,1-2H3. The normalized spacial score (nSPS) is 31.5. The maximum absolute atomic E-state index is 12.8. The molecular weight excluding hydrogens is 210 g/mol. The van der Waals surface area contributed by atoms with Crippen LogP contribution in [0.5, 0.6) is 0 Å². The second kappa shape index (κ2) is 5.41. The van der Waals surface area contributed by atoms with Gasteiger partial charge < -0.3 is 4.90 Å². The molecular formula is C15H27NO. The predicted octanol–water partition coefficient (Wildman–Crippen LogP) is 3.61. The van der Waals surface area contributed by atoms with E-state index in [0.29, 0.717) is 5.91 Å². The number of amides is 1. The molecule has 3 aliphatic carbocycles. The average Bonchev–Trinajstić information content (AvgIpc) is 2.40. The minimum absolute atomic E-state index is 0.0547. The van der Waals surface area contributed by atoms with Crippen molar-refractivity contribution in [1.29, 1.82) is 0 Å².